The van der Waals surface area contributed by atoms with E-state index >= 15 is 0 Å². The van der Waals surface area contributed by atoms with Gasteiger partial charge in [-0.15, -0.1) is 0 Å². The molecule has 0 unspecified atom stereocenters. The molecule has 1 aliphatic carbocycles. The maximum Gasteiger partial charge on any atom is 0.408 e. The van der Waals surface area contributed by atoms with Crippen LogP contribution in [0.25, 0.3) is 16.6 Å². The summed E-state index contributed by atoms with van der Waals surface area (Å²) in [7, 11) is 0. The summed E-state index contributed by atoms with van der Waals surface area (Å²) < 4.78 is 1.32. The Morgan fingerprint density at radius 3 is 2.38 bits per heavy atom. The molecule has 178 valence electrons. The molecule has 1 aromatic heterocycles. The number of benzene rings is 2. The molecule has 4 rings (SSSR count). The van der Waals surface area contributed by atoms with Crippen molar-refractivity contribution in [2.24, 2.45) is 11.7 Å². The standard InChI is InChI=1S/C24H24Cl2N4O4/c1-24(2,3)30(23(33)34)19(12-7-8-12)21-28-18-16(26)10-9-15(25)17(18)22(32)29(21)14-6-4-5-13(11-14)20(27)31/h4-6,9-12,19H,7-8H2,1-3H3,(H2,27,31)(H,33,34)/t19-/m0/s1. The van der Waals surface area contributed by atoms with Crippen molar-refractivity contribution < 1.29 is 14.7 Å². The number of carboxylic acid groups (broad SMARTS) is 1. The number of hydrogen-bond donors (Lipinski definition) is 2. The van der Waals surface area contributed by atoms with Crippen molar-refractivity contribution in [1.29, 1.82) is 0 Å². The average Bonchev–Trinajstić information content (AvgIpc) is 3.58. The lowest BCUT2D eigenvalue weighted by molar-refractivity contribution is 0.0582. The number of fused-ring (bicyclic) bond motifs is 1. The summed E-state index contributed by atoms with van der Waals surface area (Å²) in [5.74, 6) is -0.488. The second-order valence-corrected chi connectivity index (χ2v) is 10.2. The largest absolute Gasteiger partial charge is 0.465 e. The van der Waals surface area contributed by atoms with Gasteiger partial charge in [0.1, 0.15) is 5.82 Å². The normalized spacial score (nSPS) is 14.7. The summed E-state index contributed by atoms with van der Waals surface area (Å²) in [6.45, 7) is 5.37. The van der Waals surface area contributed by atoms with Gasteiger partial charge in [-0.25, -0.2) is 9.78 Å². The number of hydrogen-bond acceptors (Lipinski definition) is 4. The fourth-order valence-electron chi connectivity index (χ4n) is 4.25. The van der Waals surface area contributed by atoms with E-state index < -0.39 is 29.1 Å². The van der Waals surface area contributed by atoms with Gasteiger partial charge in [-0.1, -0.05) is 29.3 Å². The van der Waals surface area contributed by atoms with Crippen LogP contribution in [-0.2, 0) is 0 Å². The summed E-state index contributed by atoms with van der Waals surface area (Å²) in [6.07, 6.45) is 0.430. The highest BCUT2D eigenvalue weighted by Gasteiger charge is 2.45. The van der Waals surface area contributed by atoms with E-state index in [2.05, 4.69) is 0 Å². The van der Waals surface area contributed by atoms with Crippen LogP contribution in [0, 0.1) is 5.92 Å². The Bertz CT molecular complexity index is 1380. The van der Waals surface area contributed by atoms with Gasteiger partial charge in [0.2, 0.25) is 5.91 Å². The maximum atomic E-state index is 13.9. The highest BCUT2D eigenvalue weighted by atomic mass is 35.5. The molecule has 1 aliphatic rings. The first-order chi connectivity index (χ1) is 15.9. The lowest BCUT2D eigenvalue weighted by atomic mass is 9.99. The molecule has 0 bridgehead atoms. The molecule has 8 nitrogen and oxygen atoms in total. The van der Waals surface area contributed by atoms with Crippen LogP contribution in [0.1, 0.15) is 55.8 Å². The molecule has 34 heavy (non-hydrogen) atoms. The second-order valence-electron chi connectivity index (χ2n) is 9.38. The van der Waals surface area contributed by atoms with Crippen molar-refractivity contribution in [1.82, 2.24) is 14.5 Å². The van der Waals surface area contributed by atoms with Gasteiger partial charge in [0, 0.05) is 11.1 Å². The molecule has 0 spiro atoms. The SMILES string of the molecule is CC(C)(C)N(C(=O)O)[C@H](c1nc2c(Cl)ccc(Cl)c2c(=O)n1-c1cccc(C(N)=O)c1)C1CC1. The van der Waals surface area contributed by atoms with Gasteiger partial charge >= 0.3 is 6.09 Å². The van der Waals surface area contributed by atoms with Crippen LogP contribution in [-0.4, -0.2) is 37.1 Å². The van der Waals surface area contributed by atoms with E-state index in [-0.39, 0.29) is 38.3 Å². The zero-order valence-electron chi connectivity index (χ0n) is 18.9. The molecule has 10 heteroatoms. The molecule has 1 saturated carbocycles. The fourth-order valence-corrected chi connectivity index (χ4v) is 4.69. The molecule has 1 atom stereocenters. The molecular weight excluding hydrogens is 479 g/mol. The van der Waals surface area contributed by atoms with Crippen LogP contribution in [0.3, 0.4) is 0 Å². The summed E-state index contributed by atoms with van der Waals surface area (Å²) in [6, 6.07) is 8.57. The average molecular weight is 503 g/mol. The van der Waals surface area contributed by atoms with E-state index in [1.807, 2.05) is 0 Å². The van der Waals surface area contributed by atoms with Crippen molar-refractivity contribution in [3.63, 3.8) is 0 Å². The Labute approximate surface area is 205 Å². The zero-order chi connectivity index (χ0) is 24.9. The Balaban J connectivity index is 2.14. The van der Waals surface area contributed by atoms with E-state index in [9.17, 15) is 19.5 Å². The highest BCUT2D eigenvalue weighted by molar-refractivity contribution is 6.39. The van der Waals surface area contributed by atoms with Gasteiger partial charge in [0.15, 0.2) is 0 Å². The first-order valence-electron chi connectivity index (χ1n) is 10.7. The van der Waals surface area contributed by atoms with Crippen molar-refractivity contribution in [3.8, 4) is 5.69 Å². The van der Waals surface area contributed by atoms with Crippen molar-refractivity contribution in [2.75, 3.05) is 0 Å². The number of carbonyl (C=O) groups is 2. The van der Waals surface area contributed by atoms with Crippen molar-refractivity contribution in [2.45, 2.75) is 45.2 Å². The number of nitrogens with zero attached hydrogens (tertiary/aromatic N) is 3. The number of primary amides is 1. The van der Waals surface area contributed by atoms with Crippen LogP contribution in [0.2, 0.25) is 10.0 Å². The number of carbonyl (C=O) groups excluding carboxylic acids is 1. The summed E-state index contributed by atoms with van der Waals surface area (Å²) >= 11 is 12.8. The number of halogens is 2. The first kappa shape index (κ1) is 24.0. The summed E-state index contributed by atoms with van der Waals surface area (Å²) in [4.78, 5) is 44.3. The third-order valence-corrected chi connectivity index (χ3v) is 6.50. The molecule has 0 aliphatic heterocycles. The second kappa shape index (κ2) is 8.60. The van der Waals surface area contributed by atoms with Gasteiger partial charge in [0.25, 0.3) is 5.56 Å². The van der Waals surface area contributed by atoms with Crippen LogP contribution in [0.5, 0.6) is 0 Å². The van der Waals surface area contributed by atoms with Gasteiger partial charge in [0.05, 0.1) is 32.7 Å². The number of aromatic nitrogens is 2. The molecular formula is C24H24Cl2N4O4. The van der Waals surface area contributed by atoms with Crippen LogP contribution < -0.4 is 11.3 Å². The number of amides is 2. The van der Waals surface area contributed by atoms with E-state index in [0.29, 0.717) is 5.69 Å². The molecule has 1 heterocycles. The van der Waals surface area contributed by atoms with Crippen LogP contribution in [0.4, 0.5) is 4.79 Å². The third-order valence-electron chi connectivity index (χ3n) is 5.88. The smallest absolute Gasteiger partial charge is 0.408 e. The van der Waals surface area contributed by atoms with E-state index in [4.69, 9.17) is 33.9 Å². The zero-order valence-corrected chi connectivity index (χ0v) is 20.4. The highest BCUT2D eigenvalue weighted by Crippen LogP contribution is 2.47. The minimum absolute atomic E-state index is 0.0387. The quantitative estimate of drug-likeness (QED) is 0.507. The van der Waals surface area contributed by atoms with Gasteiger partial charge in [-0.2, -0.15) is 0 Å². The van der Waals surface area contributed by atoms with Gasteiger partial charge in [-0.05, 0) is 69.9 Å². The molecule has 3 aromatic rings. The molecule has 0 saturated heterocycles. The first-order valence-corrected chi connectivity index (χ1v) is 11.5. The predicted octanol–water partition coefficient (Wildman–Crippen LogP) is 5.02. The van der Waals surface area contributed by atoms with Crippen LogP contribution in [0.15, 0.2) is 41.2 Å². The Hall–Kier alpha value is -3.10. The maximum absolute atomic E-state index is 13.9. The van der Waals surface area contributed by atoms with E-state index in [1.165, 1.54) is 27.7 Å². The fraction of sp³-hybridized carbons (Fsp3) is 0.333. The van der Waals surface area contributed by atoms with E-state index in [0.717, 1.165) is 12.8 Å². The van der Waals surface area contributed by atoms with Crippen molar-refractivity contribution >= 4 is 46.1 Å². The van der Waals surface area contributed by atoms with Gasteiger partial charge in [-0.3, -0.25) is 19.1 Å². The molecule has 2 amide bonds. The van der Waals surface area contributed by atoms with Crippen LogP contribution >= 0.6 is 23.2 Å². The Morgan fingerprint density at radius 2 is 1.82 bits per heavy atom. The molecule has 0 radical (unpaired) electrons. The Kier molecular flexibility index (Phi) is 6.08. The van der Waals surface area contributed by atoms with Gasteiger partial charge < -0.3 is 10.8 Å². The van der Waals surface area contributed by atoms with Crippen molar-refractivity contribution in [3.05, 3.63) is 68.2 Å². The number of nitrogens with two attached hydrogens (primary N) is 1. The predicted molar refractivity (Wildman–Crippen MR) is 131 cm³/mol. The molecule has 2 aromatic carbocycles. The monoisotopic (exact) mass is 502 g/mol. The molecule has 1 fully saturated rings. The molecule has 3 N–H and O–H groups in total. The summed E-state index contributed by atoms with van der Waals surface area (Å²) in [5, 5.41) is 10.7. The van der Waals surface area contributed by atoms with E-state index in [1.54, 1.807) is 39.0 Å². The Morgan fingerprint density at radius 1 is 1.18 bits per heavy atom. The summed E-state index contributed by atoms with van der Waals surface area (Å²) in [5.41, 5.74) is 4.88. The minimum Gasteiger partial charge on any atom is -0.465 e. The number of rotatable bonds is 5. The third kappa shape index (κ3) is 4.23. The topological polar surface area (TPSA) is 119 Å². The minimum atomic E-state index is -1.13. The lowest BCUT2D eigenvalue weighted by Gasteiger charge is -2.40. The lowest BCUT2D eigenvalue weighted by Crippen LogP contribution is -2.49.